The summed E-state index contributed by atoms with van der Waals surface area (Å²) in [5, 5.41) is 4.64. The minimum Gasteiger partial charge on any atom is -0.384 e. The van der Waals surface area contributed by atoms with E-state index >= 15 is 0 Å². The van der Waals surface area contributed by atoms with Gasteiger partial charge in [-0.15, -0.1) is 0 Å². The van der Waals surface area contributed by atoms with Gasteiger partial charge in [0.25, 0.3) is 0 Å². The van der Waals surface area contributed by atoms with Gasteiger partial charge in [-0.2, -0.15) is 0 Å². The molecule has 0 fully saturated rings. The first-order valence-electron chi connectivity index (χ1n) is 7.09. The van der Waals surface area contributed by atoms with Crippen LogP contribution in [0.3, 0.4) is 0 Å². The first kappa shape index (κ1) is 11.5. The number of fused-ring (bicyclic) bond motifs is 2. The SMILES string of the molecule is c1cc(Cc2ccc3ccccc3n2)c2c(c1)NCC2. The Morgan fingerprint density at radius 3 is 2.90 bits per heavy atom. The number of pyridine rings is 1. The summed E-state index contributed by atoms with van der Waals surface area (Å²) in [6, 6.07) is 19.1. The highest BCUT2D eigenvalue weighted by molar-refractivity contribution is 5.78. The molecule has 4 rings (SSSR count). The lowest BCUT2D eigenvalue weighted by Crippen LogP contribution is -1.96. The summed E-state index contributed by atoms with van der Waals surface area (Å²) in [4.78, 5) is 4.78. The number of para-hydroxylation sites is 1. The lowest BCUT2D eigenvalue weighted by Gasteiger charge is -2.08. The molecule has 1 aromatic heterocycles. The maximum absolute atomic E-state index is 4.78. The Morgan fingerprint density at radius 1 is 0.950 bits per heavy atom. The van der Waals surface area contributed by atoms with Crippen molar-refractivity contribution in [3.05, 3.63) is 71.4 Å². The first-order chi connectivity index (χ1) is 9.90. The van der Waals surface area contributed by atoms with Crippen LogP contribution >= 0.6 is 0 Å². The molecule has 0 saturated carbocycles. The second-order valence-electron chi connectivity index (χ2n) is 5.29. The number of aromatic nitrogens is 1. The monoisotopic (exact) mass is 260 g/mol. The molecule has 20 heavy (non-hydrogen) atoms. The molecule has 2 heterocycles. The maximum atomic E-state index is 4.78. The van der Waals surface area contributed by atoms with Crippen LogP contribution in [0.1, 0.15) is 16.8 Å². The van der Waals surface area contributed by atoms with Gasteiger partial charge in [-0.25, -0.2) is 0 Å². The van der Waals surface area contributed by atoms with Crippen LogP contribution in [0.15, 0.2) is 54.6 Å². The lowest BCUT2D eigenvalue weighted by atomic mass is 10.00. The van der Waals surface area contributed by atoms with Gasteiger partial charge in [0.1, 0.15) is 0 Å². The minimum atomic E-state index is 0.912. The third-order valence-electron chi connectivity index (χ3n) is 3.99. The molecular formula is C18H16N2. The van der Waals surface area contributed by atoms with Gasteiger partial charge in [-0.05, 0) is 35.7 Å². The number of anilines is 1. The van der Waals surface area contributed by atoms with Crippen molar-refractivity contribution in [2.45, 2.75) is 12.8 Å². The Labute approximate surface area is 118 Å². The average Bonchev–Trinajstić information content (AvgIpc) is 2.97. The molecule has 98 valence electrons. The van der Waals surface area contributed by atoms with Crippen molar-refractivity contribution in [2.24, 2.45) is 0 Å². The fraction of sp³-hybridized carbons (Fsp3) is 0.167. The molecule has 0 unspecified atom stereocenters. The maximum Gasteiger partial charge on any atom is 0.0705 e. The van der Waals surface area contributed by atoms with E-state index in [1.165, 1.54) is 22.2 Å². The molecule has 0 atom stereocenters. The summed E-state index contributed by atoms with van der Waals surface area (Å²) < 4.78 is 0. The largest absolute Gasteiger partial charge is 0.384 e. The van der Waals surface area contributed by atoms with Crippen LogP contribution in [-0.4, -0.2) is 11.5 Å². The highest BCUT2D eigenvalue weighted by atomic mass is 14.9. The molecule has 0 amide bonds. The molecule has 0 spiro atoms. The van der Waals surface area contributed by atoms with Crippen molar-refractivity contribution >= 4 is 16.6 Å². The number of nitrogens with zero attached hydrogens (tertiary/aromatic N) is 1. The van der Waals surface area contributed by atoms with E-state index in [9.17, 15) is 0 Å². The van der Waals surface area contributed by atoms with Gasteiger partial charge in [0.15, 0.2) is 0 Å². The molecule has 3 aromatic rings. The normalized spacial score (nSPS) is 13.2. The Kier molecular flexibility index (Phi) is 2.66. The van der Waals surface area contributed by atoms with E-state index in [2.05, 4.69) is 53.8 Å². The zero-order valence-electron chi connectivity index (χ0n) is 11.3. The fourth-order valence-corrected chi connectivity index (χ4v) is 2.99. The Hall–Kier alpha value is -2.35. The van der Waals surface area contributed by atoms with E-state index in [4.69, 9.17) is 4.98 Å². The Balaban J connectivity index is 1.72. The van der Waals surface area contributed by atoms with Crippen molar-refractivity contribution < 1.29 is 0 Å². The van der Waals surface area contributed by atoms with Crippen LogP contribution in [0.4, 0.5) is 5.69 Å². The van der Waals surface area contributed by atoms with Crippen LogP contribution in [0.25, 0.3) is 10.9 Å². The van der Waals surface area contributed by atoms with E-state index in [-0.39, 0.29) is 0 Å². The van der Waals surface area contributed by atoms with Gasteiger partial charge in [0.2, 0.25) is 0 Å². The third kappa shape index (κ3) is 1.94. The quantitative estimate of drug-likeness (QED) is 0.758. The summed E-state index contributed by atoms with van der Waals surface area (Å²) in [7, 11) is 0. The number of nitrogens with one attached hydrogen (secondary N) is 1. The van der Waals surface area contributed by atoms with Gasteiger partial charge < -0.3 is 5.32 Å². The van der Waals surface area contributed by atoms with E-state index in [0.29, 0.717) is 0 Å². The highest BCUT2D eigenvalue weighted by Crippen LogP contribution is 2.27. The van der Waals surface area contributed by atoms with Crippen molar-refractivity contribution in [2.75, 3.05) is 11.9 Å². The predicted molar refractivity (Wildman–Crippen MR) is 83.2 cm³/mol. The number of rotatable bonds is 2. The molecule has 1 aliphatic rings. The molecule has 0 bridgehead atoms. The molecule has 2 heteroatoms. The highest BCUT2D eigenvalue weighted by Gasteiger charge is 2.14. The molecule has 2 aromatic carbocycles. The number of hydrogen-bond acceptors (Lipinski definition) is 2. The zero-order valence-corrected chi connectivity index (χ0v) is 11.3. The number of benzene rings is 2. The van der Waals surface area contributed by atoms with Crippen LogP contribution in [0.2, 0.25) is 0 Å². The third-order valence-corrected chi connectivity index (χ3v) is 3.99. The van der Waals surface area contributed by atoms with Crippen molar-refractivity contribution in [3.8, 4) is 0 Å². The van der Waals surface area contributed by atoms with Crippen LogP contribution in [0, 0.1) is 0 Å². The lowest BCUT2D eigenvalue weighted by molar-refractivity contribution is 1.04. The molecule has 1 N–H and O–H groups in total. The van der Waals surface area contributed by atoms with Gasteiger partial charge in [0.05, 0.1) is 5.52 Å². The summed E-state index contributed by atoms with van der Waals surface area (Å²) >= 11 is 0. The molecule has 1 aliphatic heterocycles. The van der Waals surface area contributed by atoms with Crippen LogP contribution < -0.4 is 5.32 Å². The Morgan fingerprint density at radius 2 is 1.90 bits per heavy atom. The molecule has 0 radical (unpaired) electrons. The smallest absolute Gasteiger partial charge is 0.0705 e. The standard InChI is InChI=1S/C18H16N2/c1-2-6-17-13(4-1)8-9-15(20-17)12-14-5-3-7-18-16(14)10-11-19-18/h1-9,19H,10-12H2. The summed E-state index contributed by atoms with van der Waals surface area (Å²) in [5.41, 5.74) is 6.38. The topological polar surface area (TPSA) is 24.9 Å². The van der Waals surface area contributed by atoms with Gasteiger partial charge in [0, 0.05) is 29.7 Å². The van der Waals surface area contributed by atoms with Crippen molar-refractivity contribution in [3.63, 3.8) is 0 Å². The first-order valence-corrected chi connectivity index (χ1v) is 7.09. The molecular weight excluding hydrogens is 244 g/mol. The average molecular weight is 260 g/mol. The van der Waals surface area contributed by atoms with Crippen LogP contribution in [-0.2, 0) is 12.8 Å². The van der Waals surface area contributed by atoms with Gasteiger partial charge >= 0.3 is 0 Å². The second kappa shape index (κ2) is 4.64. The van der Waals surface area contributed by atoms with Crippen LogP contribution in [0.5, 0.6) is 0 Å². The van der Waals surface area contributed by atoms with E-state index < -0.39 is 0 Å². The summed E-state index contributed by atoms with van der Waals surface area (Å²) in [6.07, 6.45) is 2.04. The summed E-state index contributed by atoms with van der Waals surface area (Å²) in [5.74, 6) is 0. The van der Waals surface area contributed by atoms with E-state index in [0.717, 1.165) is 30.6 Å². The van der Waals surface area contributed by atoms with E-state index in [1.807, 2.05) is 6.07 Å². The van der Waals surface area contributed by atoms with Crippen molar-refractivity contribution in [1.82, 2.24) is 4.98 Å². The second-order valence-corrected chi connectivity index (χ2v) is 5.29. The Bertz CT molecular complexity index is 777. The fourth-order valence-electron chi connectivity index (χ4n) is 2.99. The zero-order chi connectivity index (χ0) is 13.4. The van der Waals surface area contributed by atoms with Gasteiger partial charge in [-0.1, -0.05) is 36.4 Å². The molecule has 2 nitrogen and oxygen atoms in total. The predicted octanol–water partition coefficient (Wildman–Crippen LogP) is 3.79. The minimum absolute atomic E-state index is 0.912. The number of hydrogen-bond donors (Lipinski definition) is 1. The van der Waals surface area contributed by atoms with Gasteiger partial charge in [-0.3, -0.25) is 4.98 Å². The summed E-state index contributed by atoms with van der Waals surface area (Å²) in [6.45, 7) is 1.05. The molecule has 0 saturated heterocycles. The van der Waals surface area contributed by atoms with Crippen molar-refractivity contribution in [1.29, 1.82) is 0 Å². The molecule has 0 aliphatic carbocycles. The van der Waals surface area contributed by atoms with E-state index in [1.54, 1.807) is 0 Å².